The van der Waals surface area contributed by atoms with E-state index in [0.29, 0.717) is 19.6 Å². The van der Waals surface area contributed by atoms with E-state index in [1.165, 1.54) is 12.8 Å². The average molecular weight is 313 g/mol. The lowest BCUT2D eigenvalue weighted by Gasteiger charge is -2.43. The number of nitrogens with zero attached hydrogens (tertiary/aromatic N) is 1. The van der Waals surface area contributed by atoms with Gasteiger partial charge in [0.2, 0.25) is 5.91 Å². The van der Waals surface area contributed by atoms with Crippen LogP contribution in [0.15, 0.2) is 0 Å². The third-order valence-corrected chi connectivity index (χ3v) is 4.81. The van der Waals surface area contributed by atoms with Gasteiger partial charge in [0.05, 0.1) is 19.8 Å². The van der Waals surface area contributed by atoms with E-state index in [1.54, 1.807) is 7.11 Å². The molecule has 2 aliphatic rings. The van der Waals surface area contributed by atoms with Crippen molar-refractivity contribution in [3.63, 3.8) is 0 Å². The molecule has 2 N–H and O–H groups in total. The van der Waals surface area contributed by atoms with Crippen LogP contribution in [-0.4, -0.2) is 76.0 Å². The van der Waals surface area contributed by atoms with Crippen LogP contribution >= 0.6 is 0 Å². The molecule has 0 aromatic heterocycles. The normalized spacial score (nSPS) is 21.9. The van der Waals surface area contributed by atoms with Gasteiger partial charge in [-0.2, -0.15) is 0 Å². The molecule has 1 amide bonds. The molecule has 22 heavy (non-hydrogen) atoms. The van der Waals surface area contributed by atoms with Gasteiger partial charge in [-0.15, -0.1) is 0 Å². The zero-order valence-electron chi connectivity index (χ0n) is 13.9. The summed E-state index contributed by atoms with van der Waals surface area (Å²) < 4.78 is 10.4. The Labute approximate surface area is 133 Å². The van der Waals surface area contributed by atoms with Crippen LogP contribution in [0.4, 0.5) is 0 Å². The van der Waals surface area contributed by atoms with Crippen LogP contribution in [0.5, 0.6) is 0 Å². The monoisotopic (exact) mass is 313 g/mol. The van der Waals surface area contributed by atoms with Crippen LogP contribution in [0.3, 0.4) is 0 Å². The van der Waals surface area contributed by atoms with Gasteiger partial charge in [0.25, 0.3) is 0 Å². The van der Waals surface area contributed by atoms with Gasteiger partial charge in [0.1, 0.15) is 0 Å². The summed E-state index contributed by atoms with van der Waals surface area (Å²) in [5, 5.41) is 6.29. The fraction of sp³-hybridized carbons (Fsp3) is 0.938. The first-order chi connectivity index (χ1) is 10.8. The van der Waals surface area contributed by atoms with Gasteiger partial charge in [-0.25, -0.2) is 0 Å². The second-order valence-corrected chi connectivity index (χ2v) is 6.30. The summed E-state index contributed by atoms with van der Waals surface area (Å²) in [5.74, 6) is 0.182. The second-order valence-electron chi connectivity index (χ2n) is 6.30. The van der Waals surface area contributed by atoms with Crippen molar-refractivity contribution in [1.29, 1.82) is 0 Å². The summed E-state index contributed by atoms with van der Waals surface area (Å²) >= 11 is 0. The molecule has 1 saturated heterocycles. The molecule has 2 rings (SSSR count). The van der Waals surface area contributed by atoms with Crippen molar-refractivity contribution in [3.05, 3.63) is 0 Å². The van der Waals surface area contributed by atoms with Crippen LogP contribution in [0.25, 0.3) is 0 Å². The van der Waals surface area contributed by atoms with E-state index in [4.69, 9.17) is 9.47 Å². The van der Waals surface area contributed by atoms with Gasteiger partial charge >= 0.3 is 0 Å². The van der Waals surface area contributed by atoms with Crippen molar-refractivity contribution in [2.24, 2.45) is 0 Å². The summed E-state index contributed by atoms with van der Waals surface area (Å²) in [5.41, 5.74) is 0.0807. The number of hydrogen-bond donors (Lipinski definition) is 2. The highest BCUT2D eigenvalue weighted by molar-refractivity contribution is 5.77. The molecule has 6 heteroatoms. The molecule has 1 aliphatic carbocycles. The van der Waals surface area contributed by atoms with Crippen molar-refractivity contribution in [1.82, 2.24) is 15.5 Å². The highest BCUT2D eigenvalue weighted by atomic mass is 16.5. The van der Waals surface area contributed by atoms with Crippen LogP contribution in [0, 0.1) is 0 Å². The van der Waals surface area contributed by atoms with Crippen molar-refractivity contribution in [3.8, 4) is 0 Å². The fourth-order valence-corrected chi connectivity index (χ4v) is 3.63. The molecular formula is C16H31N3O3. The molecule has 2 fully saturated rings. The predicted molar refractivity (Wildman–Crippen MR) is 86.0 cm³/mol. The maximum Gasteiger partial charge on any atom is 0.221 e. The number of hydrogen-bond acceptors (Lipinski definition) is 5. The van der Waals surface area contributed by atoms with Crippen molar-refractivity contribution < 1.29 is 14.3 Å². The Morgan fingerprint density at radius 2 is 1.91 bits per heavy atom. The van der Waals surface area contributed by atoms with Gasteiger partial charge in [0.15, 0.2) is 0 Å². The van der Waals surface area contributed by atoms with Gasteiger partial charge in [-0.1, -0.05) is 12.8 Å². The second kappa shape index (κ2) is 9.45. The van der Waals surface area contributed by atoms with E-state index in [2.05, 4.69) is 15.5 Å². The molecule has 1 aliphatic heterocycles. The molecule has 0 aromatic carbocycles. The molecule has 1 heterocycles. The first kappa shape index (κ1) is 17.7. The molecule has 1 saturated carbocycles. The summed E-state index contributed by atoms with van der Waals surface area (Å²) in [4.78, 5) is 14.8. The van der Waals surface area contributed by atoms with Gasteiger partial charge < -0.3 is 20.1 Å². The third-order valence-electron chi connectivity index (χ3n) is 4.81. The average Bonchev–Trinajstić information content (AvgIpc) is 3.01. The lowest BCUT2D eigenvalue weighted by atomic mass is 9.90. The Morgan fingerprint density at radius 3 is 2.59 bits per heavy atom. The number of methoxy groups -OCH3 is 1. The quantitative estimate of drug-likeness (QED) is 0.602. The Bertz CT molecular complexity index is 327. The number of morpholine rings is 1. The molecular weight excluding hydrogens is 282 g/mol. The van der Waals surface area contributed by atoms with Crippen LogP contribution in [0.2, 0.25) is 0 Å². The highest BCUT2D eigenvalue weighted by Crippen LogP contribution is 2.38. The number of nitrogens with one attached hydrogen (secondary N) is 2. The fourth-order valence-electron chi connectivity index (χ4n) is 3.63. The number of carbonyl (C=O) groups excluding carboxylic acids is 1. The van der Waals surface area contributed by atoms with E-state index in [-0.39, 0.29) is 11.4 Å². The maximum absolute atomic E-state index is 12.3. The standard InChI is InChI=1S/C16H31N3O3/c1-21-11-8-17-6-7-18-15(20)14-16(4-2-3-5-16)19-9-12-22-13-10-19/h17H,2-14H2,1H3,(H,18,20). The van der Waals surface area contributed by atoms with Crippen LogP contribution in [0.1, 0.15) is 32.1 Å². The lowest BCUT2D eigenvalue weighted by Crippen LogP contribution is -2.54. The minimum Gasteiger partial charge on any atom is -0.383 e. The topological polar surface area (TPSA) is 62.8 Å². The van der Waals surface area contributed by atoms with Gasteiger partial charge in [0, 0.05) is 51.8 Å². The largest absolute Gasteiger partial charge is 0.383 e. The summed E-state index contributed by atoms with van der Waals surface area (Å²) in [6.45, 7) is 6.52. The molecule has 0 spiro atoms. The summed E-state index contributed by atoms with van der Waals surface area (Å²) in [6, 6.07) is 0. The third kappa shape index (κ3) is 5.19. The first-order valence-electron chi connectivity index (χ1n) is 8.56. The Morgan fingerprint density at radius 1 is 1.18 bits per heavy atom. The van der Waals surface area contributed by atoms with Crippen LogP contribution < -0.4 is 10.6 Å². The van der Waals surface area contributed by atoms with Gasteiger partial charge in [-0.05, 0) is 12.8 Å². The van der Waals surface area contributed by atoms with Crippen molar-refractivity contribution in [2.45, 2.75) is 37.6 Å². The molecule has 6 nitrogen and oxygen atoms in total. The van der Waals surface area contributed by atoms with E-state index >= 15 is 0 Å². The molecule has 128 valence electrons. The van der Waals surface area contributed by atoms with Crippen molar-refractivity contribution >= 4 is 5.91 Å². The Kier molecular flexibility index (Phi) is 7.59. The minimum atomic E-state index is 0.0807. The predicted octanol–water partition coefficient (Wildman–Crippen LogP) is 0.374. The first-order valence-corrected chi connectivity index (χ1v) is 8.56. The van der Waals surface area contributed by atoms with Crippen molar-refractivity contribution in [2.75, 3.05) is 59.7 Å². The van der Waals surface area contributed by atoms with E-state index < -0.39 is 0 Å². The molecule has 0 unspecified atom stereocenters. The van der Waals surface area contributed by atoms with E-state index in [0.717, 1.165) is 52.2 Å². The zero-order valence-corrected chi connectivity index (χ0v) is 13.9. The number of amides is 1. The lowest BCUT2D eigenvalue weighted by molar-refractivity contribution is -0.125. The molecule has 0 radical (unpaired) electrons. The Balaban J connectivity index is 1.72. The maximum atomic E-state index is 12.3. The molecule has 0 aromatic rings. The zero-order chi connectivity index (χ0) is 15.7. The molecule has 0 atom stereocenters. The SMILES string of the molecule is COCCNCCNC(=O)CC1(N2CCOCC2)CCCC1. The number of rotatable bonds is 9. The highest BCUT2D eigenvalue weighted by Gasteiger charge is 2.41. The van der Waals surface area contributed by atoms with E-state index in [1.807, 2.05) is 0 Å². The van der Waals surface area contributed by atoms with Crippen LogP contribution in [-0.2, 0) is 14.3 Å². The smallest absolute Gasteiger partial charge is 0.221 e. The Hall–Kier alpha value is -0.690. The number of carbonyl (C=O) groups is 1. The van der Waals surface area contributed by atoms with E-state index in [9.17, 15) is 4.79 Å². The summed E-state index contributed by atoms with van der Waals surface area (Å²) in [7, 11) is 1.69. The summed E-state index contributed by atoms with van der Waals surface area (Å²) in [6.07, 6.45) is 5.40. The minimum absolute atomic E-state index is 0.0807. The molecule has 0 bridgehead atoms. The number of ether oxygens (including phenoxy) is 2. The van der Waals surface area contributed by atoms with Gasteiger partial charge in [-0.3, -0.25) is 9.69 Å².